The Kier molecular flexibility index (Phi) is 0.845. The second-order valence-corrected chi connectivity index (χ2v) is 2.02. The molecule has 1 fully saturated rings. The molecule has 0 saturated carbocycles. The number of hydrogen-bond acceptors (Lipinski definition) is 1. The molecule has 1 saturated heterocycles. The zero-order chi connectivity index (χ0) is 4.57. The summed E-state index contributed by atoms with van der Waals surface area (Å²) in [6.07, 6.45) is 0.532. The highest BCUT2D eigenvalue weighted by molar-refractivity contribution is 4.68. The van der Waals surface area contributed by atoms with Crippen LogP contribution in [0, 0.1) is 5.92 Å². The Morgan fingerprint density at radius 2 is 2.00 bits per heavy atom. The lowest BCUT2D eigenvalue weighted by Crippen LogP contribution is -2.34. The molecule has 0 unspecified atom stereocenters. The number of ether oxygens (including phenoxy) is 1. The number of hydrogen-bond donors (Lipinski definition) is 0. The van der Waals surface area contributed by atoms with Crippen molar-refractivity contribution in [3.63, 3.8) is 0 Å². The fraction of sp³-hybridized carbons (Fsp3) is 1.00. The molecule has 0 aliphatic carbocycles. The van der Waals surface area contributed by atoms with E-state index in [-0.39, 0.29) is 0 Å². The van der Waals surface area contributed by atoms with Crippen molar-refractivity contribution in [2.24, 2.45) is 5.92 Å². The summed E-state index contributed by atoms with van der Waals surface area (Å²) < 4.78 is 5.04. The minimum absolute atomic E-state index is 0.532. The van der Waals surface area contributed by atoms with Crippen LogP contribution < -0.4 is 0 Å². The van der Waals surface area contributed by atoms with Crippen LogP contribution in [0.15, 0.2) is 0 Å². The van der Waals surface area contributed by atoms with Crippen LogP contribution in [0.5, 0.6) is 0 Å². The highest BCUT2D eigenvalue weighted by atomic mass is 16.5. The molecule has 1 heterocycles. The summed E-state index contributed by atoms with van der Waals surface area (Å²) in [6, 6.07) is 0. The molecular formula is C5H10O. The monoisotopic (exact) mass is 86.1 g/mol. The van der Waals surface area contributed by atoms with Crippen molar-refractivity contribution in [2.75, 3.05) is 6.61 Å². The maximum Gasteiger partial charge on any atom is 0.0594 e. The van der Waals surface area contributed by atoms with E-state index in [1.807, 2.05) is 0 Å². The van der Waals surface area contributed by atoms with Crippen LogP contribution in [-0.2, 0) is 4.74 Å². The third kappa shape index (κ3) is 0.432. The lowest BCUT2D eigenvalue weighted by atomic mass is 10.0. The van der Waals surface area contributed by atoms with Crippen LogP contribution in [0.25, 0.3) is 0 Å². The fourth-order valence-corrected chi connectivity index (χ4v) is 0.481. The van der Waals surface area contributed by atoms with Crippen molar-refractivity contribution in [1.82, 2.24) is 0 Å². The Balaban J connectivity index is 2.20. The summed E-state index contributed by atoms with van der Waals surface area (Å²) in [5, 5.41) is 0. The summed E-state index contributed by atoms with van der Waals surface area (Å²) in [5.41, 5.74) is 0. The lowest BCUT2D eigenvalue weighted by molar-refractivity contribution is -0.0937. The van der Waals surface area contributed by atoms with Crippen LogP contribution in [0.1, 0.15) is 13.8 Å². The van der Waals surface area contributed by atoms with Crippen molar-refractivity contribution in [1.29, 1.82) is 0 Å². The van der Waals surface area contributed by atoms with E-state index in [0.29, 0.717) is 6.10 Å². The molecule has 0 spiro atoms. The van der Waals surface area contributed by atoms with E-state index in [1.54, 1.807) is 0 Å². The first kappa shape index (κ1) is 4.13. The van der Waals surface area contributed by atoms with Crippen LogP contribution >= 0.6 is 0 Å². The first-order chi connectivity index (χ1) is 2.80. The highest BCUT2D eigenvalue weighted by Gasteiger charge is 2.21. The van der Waals surface area contributed by atoms with Gasteiger partial charge >= 0.3 is 0 Å². The molecule has 0 aromatic heterocycles. The second kappa shape index (κ2) is 1.23. The predicted octanol–water partition coefficient (Wildman–Crippen LogP) is 1.04. The molecule has 0 aromatic carbocycles. The minimum Gasteiger partial charge on any atom is -0.378 e. The highest BCUT2D eigenvalue weighted by Crippen LogP contribution is 2.17. The van der Waals surface area contributed by atoms with E-state index in [1.165, 1.54) is 0 Å². The van der Waals surface area contributed by atoms with Crippen LogP contribution in [0.2, 0.25) is 0 Å². The molecule has 0 amide bonds. The molecule has 1 nitrogen and oxygen atoms in total. The first-order valence-electron chi connectivity index (χ1n) is 2.42. The van der Waals surface area contributed by atoms with Gasteiger partial charge in [0.15, 0.2) is 0 Å². The average molecular weight is 86.1 g/mol. The van der Waals surface area contributed by atoms with Gasteiger partial charge in [0.05, 0.1) is 12.7 Å². The van der Waals surface area contributed by atoms with E-state index in [4.69, 9.17) is 4.74 Å². The Morgan fingerprint density at radius 3 is 2.00 bits per heavy atom. The predicted molar refractivity (Wildman–Crippen MR) is 24.6 cm³/mol. The zero-order valence-electron chi connectivity index (χ0n) is 4.27. The minimum atomic E-state index is 0.532. The van der Waals surface area contributed by atoms with Gasteiger partial charge in [-0.05, 0) is 6.92 Å². The van der Waals surface area contributed by atoms with Crippen molar-refractivity contribution in [3.8, 4) is 0 Å². The smallest absolute Gasteiger partial charge is 0.0594 e. The molecule has 36 valence electrons. The molecule has 0 bridgehead atoms. The third-order valence-electron chi connectivity index (χ3n) is 1.42. The third-order valence-corrected chi connectivity index (χ3v) is 1.42. The van der Waals surface area contributed by atoms with E-state index >= 15 is 0 Å². The molecule has 2 atom stereocenters. The van der Waals surface area contributed by atoms with Crippen LogP contribution in [0.4, 0.5) is 0 Å². The van der Waals surface area contributed by atoms with Crippen molar-refractivity contribution in [3.05, 3.63) is 0 Å². The Hall–Kier alpha value is -0.0400. The van der Waals surface area contributed by atoms with Gasteiger partial charge in [-0.25, -0.2) is 0 Å². The summed E-state index contributed by atoms with van der Waals surface area (Å²) in [6.45, 7) is 5.28. The Morgan fingerprint density at radius 1 is 1.50 bits per heavy atom. The summed E-state index contributed by atoms with van der Waals surface area (Å²) >= 11 is 0. The van der Waals surface area contributed by atoms with Crippen LogP contribution in [0.3, 0.4) is 0 Å². The van der Waals surface area contributed by atoms with Gasteiger partial charge in [0.2, 0.25) is 0 Å². The van der Waals surface area contributed by atoms with Crippen LogP contribution in [-0.4, -0.2) is 12.7 Å². The summed E-state index contributed by atoms with van der Waals surface area (Å²) in [4.78, 5) is 0. The maximum atomic E-state index is 5.04. The van der Waals surface area contributed by atoms with Crippen molar-refractivity contribution in [2.45, 2.75) is 20.0 Å². The average Bonchev–Trinajstić information content (AvgIpc) is 1.61. The van der Waals surface area contributed by atoms with Gasteiger partial charge in [0.1, 0.15) is 0 Å². The molecule has 0 N–H and O–H groups in total. The van der Waals surface area contributed by atoms with Gasteiger partial charge in [0.25, 0.3) is 0 Å². The largest absolute Gasteiger partial charge is 0.378 e. The van der Waals surface area contributed by atoms with E-state index < -0.39 is 0 Å². The maximum absolute atomic E-state index is 5.04. The molecule has 6 heavy (non-hydrogen) atoms. The molecule has 1 heteroatoms. The summed E-state index contributed by atoms with van der Waals surface area (Å²) in [7, 11) is 0. The van der Waals surface area contributed by atoms with Crippen molar-refractivity contribution < 1.29 is 4.74 Å². The molecule has 1 aliphatic heterocycles. The van der Waals surface area contributed by atoms with Gasteiger partial charge in [0, 0.05) is 5.92 Å². The molecular weight excluding hydrogens is 76.1 g/mol. The first-order valence-corrected chi connectivity index (χ1v) is 2.42. The fourth-order valence-electron chi connectivity index (χ4n) is 0.481. The van der Waals surface area contributed by atoms with Gasteiger partial charge in [-0.3, -0.25) is 0 Å². The van der Waals surface area contributed by atoms with Crippen molar-refractivity contribution >= 4 is 0 Å². The molecule has 0 radical (unpaired) electrons. The topological polar surface area (TPSA) is 9.23 Å². The van der Waals surface area contributed by atoms with E-state index in [2.05, 4.69) is 13.8 Å². The van der Waals surface area contributed by atoms with Gasteiger partial charge in [-0.15, -0.1) is 0 Å². The second-order valence-electron chi connectivity index (χ2n) is 2.02. The number of rotatable bonds is 0. The Labute approximate surface area is 38.3 Å². The van der Waals surface area contributed by atoms with E-state index in [9.17, 15) is 0 Å². The molecule has 1 aliphatic rings. The summed E-state index contributed by atoms with van der Waals surface area (Å²) in [5.74, 6) is 0.810. The molecule has 1 rings (SSSR count). The Bertz CT molecular complexity index is 43.9. The van der Waals surface area contributed by atoms with Gasteiger partial charge in [-0.1, -0.05) is 6.92 Å². The quantitative estimate of drug-likeness (QED) is 0.428. The van der Waals surface area contributed by atoms with Gasteiger partial charge in [-0.2, -0.15) is 0 Å². The SMILES string of the molecule is C[C@@H]1CO[C@H]1C. The zero-order valence-corrected chi connectivity index (χ0v) is 4.27. The lowest BCUT2D eigenvalue weighted by Gasteiger charge is -2.30. The standard InChI is InChI=1S/C5H10O/c1-4-3-6-5(4)2/h4-5H,3H2,1-2H3/t4-,5+/m1/s1. The normalized spacial score (nSPS) is 45.0. The van der Waals surface area contributed by atoms with E-state index in [0.717, 1.165) is 12.5 Å². The van der Waals surface area contributed by atoms with Gasteiger partial charge < -0.3 is 4.74 Å². The molecule has 0 aromatic rings.